The molecule has 4 nitrogen and oxygen atoms in total. The van der Waals surface area contributed by atoms with Crippen molar-refractivity contribution >= 4 is 5.91 Å². The monoisotopic (exact) mass is 249 g/mol. The molecule has 1 aliphatic rings. The van der Waals surface area contributed by atoms with Crippen LogP contribution in [0.1, 0.15) is 45.0 Å². The molecule has 1 aromatic heterocycles. The summed E-state index contributed by atoms with van der Waals surface area (Å²) in [4.78, 5) is 16.4. The fourth-order valence-electron chi connectivity index (χ4n) is 2.29. The summed E-state index contributed by atoms with van der Waals surface area (Å²) >= 11 is 0. The highest BCUT2D eigenvalue weighted by Crippen LogP contribution is 2.19. The van der Waals surface area contributed by atoms with E-state index < -0.39 is 0 Å². The molecule has 1 atom stereocenters. The van der Waals surface area contributed by atoms with Gasteiger partial charge in [-0.05, 0) is 38.5 Å². The fraction of sp³-hybridized carbons (Fsp3) is 0.714. The van der Waals surface area contributed by atoms with Crippen LogP contribution in [0, 0.1) is 5.92 Å². The number of hydrogen-bond donors (Lipinski definition) is 1. The fourth-order valence-corrected chi connectivity index (χ4v) is 2.29. The van der Waals surface area contributed by atoms with Gasteiger partial charge < -0.3 is 9.88 Å². The summed E-state index contributed by atoms with van der Waals surface area (Å²) in [5.74, 6) is 0.549. The van der Waals surface area contributed by atoms with Crippen molar-refractivity contribution in [3.8, 4) is 0 Å². The van der Waals surface area contributed by atoms with Crippen LogP contribution in [0.2, 0.25) is 0 Å². The molecular weight excluding hydrogens is 226 g/mol. The Morgan fingerprint density at radius 1 is 1.39 bits per heavy atom. The number of aryl methyl sites for hydroxylation is 1. The molecule has 0 radical (unpaired) electrons. The first-order chi connectivity index (χ1) is 8.58. The number of amides is 1. The van der Waals surface area contributed by atoms with Crippen LogP contribution in [0.5, 0.6) is 0 Å². The van der Waals surface area contributed by atoms with Crippen LogP contribution < -0.4 is 5.32 Å². The number of hydrogen-bond acceptors (Lipinski definition) is 2. The molecule has 0 saturated carbocycles. The Morgan fingerprint density at radius 2 is 2.11 bits per heavy atom. The Hall–Kier alpha value is -1.32. The average Bonchev–Trinajstić information content (AvgIpc) is 2.72. The van der Waals surface area contributed by atoms with E-state index in [0.29, 0.717) is 12.5 Å². The van der Waals surface area contributed by atoms with E-state index in [-0.39, 0.29) is 11.9 Å². The van der Waals surface area contributed by atoms with Gasteiger partial charge in [0.05, 0.1) is 12.0 Å². The molecule has 1 amide bonds. The maximum Gasteiger partial charge on any atom is 0.240 e. The molecule has 1 N–H and O–H groups in total. The number of aromatic nitrogens is 2. The van der Waals surface area contributed by atoms with E-state index in [1.165, 1.54) is 24.2 Å². The molecule has 0 fully saturated rings. The largest absolute Gasteiger partial charge is 0.352 e. The molecule has 0 spiro atoms. The van der Waals surface area contributed by atoms with Crippen LogP contribution in [0.15, 0.2) is 6.33 Å². The normalized spacial score (nSPS) is 16.4. The van der Waals surface area contributed by atoms with E-state index in [4.69, 9.17) is 0 Å². The minimum absolute atomic E-state index is 0.0852. The van der Waals surface area contributed by atoms with Gasteiger partial charge in [-0.25, -0.2) is 4.98 Å². The number of imidazole rings is 1. The summed E-state index contributed by atoms with van der Waals surface area (Å²) < 4.78 is 2.01. The smallest absolute Gasteiger partial charge is 0.240 e. The minimum atomic E-state index is 0.0852. The Bertz CT molecular complexity index is 423. The predicted molar refractivity (Wildman–Crippen MR) is 71.3 cm³/mol. The van der Waals surface area contributed by atoms with Gasteiger partial charge >= 0.3 is 0 Å². The maximum atomic E-state index is 12.0. The summed E-state index contributed by atoms with van der Waals surface area (Å²) in [5, 5.41) is 3.04. The van der Waals surface area contributed by atoms with E-state index >= 15 is 0 Å². The van der Waals surface area contributed by atoms with E-state index in [0.717, 1.165) is 12.8 Å². The molecule has 1 unspecified atom stereocenters. The second-order valence-electron chi connectivity index (χ2n) is 5.57. The molecule has 4 heteroatoms. The van der Waals surface area contributed by atoms with Crippen molar-refractivity contribution in [2.45, 2.75) is 59.0 Å². The number of nitrogens with zero attached hydrogens (tertiary/aromatic N) is 2. The van der Waals surface area contributed by atoms with Crippen LogP contribution in [0.3, 0.4) is 0 Å². The van der Waals surface area contributed by atoms with Gasteiger partial charge in [-0.1, -0.05) is 13.8 Å². The van der Waals surface area contributed by atoms with Crippen molar-refractivity contribution in [2.24, 2.45) is 5.92 Å². The van der Waals surface area contributed by atoms with Gasteiger partial charge in [0.2, 0.25) is 5.91 Å². The van der Waals surface area contributed by atoms with Crippen LogP contribution >= 0.6 is 0 Å². The quantitative estimate of drug-likeness (QED) is 0.886. The zero-order chi connectivity index (χ0) is 13.1. The number of rotatable bonds is 4. The van der Waals surface area contributed by atoms with Crippen molar-refractivity contribution in [3.63, 3.8) is 0 Å². The van der Waals surface area contributed by atoms with Crippen molar-refractivity contribution in [1.29, 1.82) is 0 Å². The molecule has 1 aromatic rings. The van der Waals surface area contributed by atoms with Crippen LogP contribution in [-0.4, -0.2) is 21.5 Å². The third-order valence-corrected chi connectivity index (χ3v) is 3.81. The summed E-state index contributed by atoms with van der Waals surface area (Å²) in [6, 6.07) is 0.219. The van der Waals surface area contributed by atoms with E-state index in [2.05, 4.69) is 24.1 Å². The second-order valence-corrected chi connectivity index (χ2v) is 5.57. The van der Waals surface area contributed by atoms with Gasteiger partial charge in [0.15, 0.2) is 0 Å². The van der Waals surface area contributed by atoms with Crippen molar-refractivity contribution < 1.29 is 4.79 Å². The van der Waals surface area contributed by atoms with E-state index in [1.807, 2.05) is 17.8 Å². The summed E-state index contributed by atoms with van der Waals surface area (Å²) in [7, 11) is 0. The standard InChI is InChI=1S/C14H23N3O/c1-10(2)11(3)16-14(18)8-17-9-15-12-6-4-5-7-13(12)17/h9-11H,4-8H2,1-3H3,(H,16,18). The predicted octanol–water partition coefficient (Wildman–Crippen LogP) is 1.92. The van der Waals surface area contributed by atoms with Gasteiger partial charge in [-0.15, -0.1) is 0 Å². The third-order valence-electron chi connectivity index (χ3n) is 3.81. The number of carbonyl (C=O) groups excluding carboxylic acids is 1. The van der Waals surface area contributed by atoms with Crippen LogP contribution in [0.4, 0.5) is 0 Å². The molecule has 100 valence electrons. The molecular formula is C14H23N3O. The van der Waals surface area contributed by atoms with Crippen LogP contribution in [0.25, 0.3) is 0 Å². The molecule has 1 heterocycles. The summed E-state index contributed by atoms with van der Waals surface area (Å²) in [5.41, 5.74) is 2.44. The molecule has 0 bridgehead atoms. The molecule has 0 aromatic carbocycles. The number of fused-ring (bicyclic) bond motifs is 1. The topological polar surface area (TPSA) is 46.9 Å². The lowest BCUT2D eigenvalue weighted by atomic mass is 10.0. The Morgan fingerprint density at radius 3 is 2.83 bits per heavy atom. The Balaban J connectivity index is 1.97. The zero-order valence-corrected chi connectivity index (χ0v) is 11.6. The highest BCUT2D eigenvalue weighted by atomic mass is 16.2. The Labute approximate surface area is 109 Å². The van der Waals surface area contributed by atoms with Gasteiger partial charge in [-0.3, -0.25) is 4.79 Å². The summed E-state index contributed by atoms with van der Waals surface area (Å²) in [6.07, 6.45) is 6.37. The van der Waals surface area contributed by atoms with Crippen molar-refractivity contribution in [2.75, 3.05) is 0 Å². The van der Waals surface area contributed by atoms with Crippen molar-refractivity contribution in [3.05, 3.63) is 17.7 Å². The Kier molecular flexibility index (Phi) is 4.04. The molecule has 18 heavy (non-hydrogen) atoms. The molecule has 0 aliphatic heterocycles. The maximum absolute atomic E-state index is 12.0. The number of nitrogens with one attached hydrogen (secondary N) is 1. The summed E-state index contributed by atoms with van der Waals surface area (Å²) in [6.45, 7) is 6.68. The van der Waals surface area contributed by atoms with Gasteiger partial charge in [0.1, 0.15) is 6.54 Å². The first kappa shape index (κ1) is 13.1. The lowest BCUT2D eigenvalue weighted by molar-refractivity contribution is -0.122. The van der Waals surface area contributed by atoms with Crippen LogP contribution in [-0.2, 0) is 24.2 Å². The van der Waals surface area contributed by atoms with E-state index in [1.54, 1.807) is 0 Å². The third kappa shape index (κ3) is 2.92. The highest BCUT2D eigenvalue weighted by Gasteiger charge is 2.17. The van der Waals surface area contributed by atoms with Gasteiger partial charge in [0, 0.05) is 11.7 Å². The average molecular weight is 249 g/mol. The van der Waals surface area contributed by atoms with Gasteiger partial charge in [0.25, 0.3) is 0 Å². The first-order valence-corrected chi connectivity index (χ1v) is 6.90. The molecule has 2 rings (SSSR count). The van der Waals surface area contributed by atoms with E-state index in [9.17, 15) is 4.79 Å². The molecule has 0 saturated heterocycles. The molecule has 1 aliphatic carbocycles. The second kappa shape index (κ2) is 5.55. The minimum Gasteiger partial charge on any atom is -0.352 e. The van der Waals surface area contributed by atoms with Crippen molar-refractivity contribution in [1.82, 2.24) is 14.9 Å². The lowest BCUT2D eigenvalue weighted by Crippen LogP contribution is -2.38. The van der Waals surface area contributed by atoms with Gasteiger partial charge in [-0.2, -0.15) is 0 Å². The zero-order valence-electron chi connectivity index (χ0n) is 11.6. The highest BCUT2D eigenvalue weighted by molar-refractivity contribution is 5.76. The lowest BCUT2D eigenvalue weighted by Gasteiger charge is -2.18. The first-order valence-electron chi connectivity index (χ1n) is 6.90. The number of carbonyl (C=O) groups is 1. The SMILES string of the molecule is CC(C)C(C)NC(=O)Cn1cnc2c1CCCC2.